The molecule has 0 radical (unpaired) electrons. The van der Waals surface area contributed by atoms with Crippen LogP contribution in [0.2, 0.25) is 0 Å². The zero-order chi connectivity index (χ0) is 12.8. The molecule has 2 fully saturated rings. The SMILES string of the molecule is C=C(C)C(=O)OC1CC2CCC1(CC)C2(C)C. The molecule has 2 aliphatic rings. The topological polar surface area (TPSA) is 26.3 Å². The Morgan fingerprint density at radius 2 is 2.12 bits per heavy atom. The van der Waals surface area contributed by atoms with Gasteiger partial charge in [0.05, 0.1) is 0 Å². The second kappa shape index (κ2) is 3.86. The van der Waals surface area contributed by atoms with Crippen molar-refractivity contribution in [3.05, 3.63) is 12.2 Å². The molecule has 0 aromatic carbocycles. The van der Waals surface area contributed by atoms with E-state index in [2.05, 4.69) is 27.4 Å². The minimum atomic E-state index is -0.217. The predicted octanol–water partition coefficient (Wildman–Crippen LogP) is 3.71. The van der Waals surface area contributed by atoms with Crippen LogP contribution in [0.4, 0.5) is 0 Å². The summed E-state index contributed by atoms with van der Waals surface area (Å²) < 4.78 is 5.70. The van der Waals surface area contributed by atoms with Crippen LogP contribution in [-0.2, 0) is 9.53 Å². The molecule has 3 unspecified atom stereocenters. The van der Waals surface area contributed by atoms with Crippen LogP contribution >= 0.6 is 0 Å². The molecule has 17 heavy (non-hydrogen) atoms. The quantitative estimate of drug-likeness (QED) is 0.551. The first-order valence-corrected chi connectivity index (χ1v) is 6.71. The summed E-state index contributed by atoms with van der Waals surface area (Å²) in [6.45, 7) is 12.3. The lowest BCUT2D eigenvalue weighted by Crippen LogP contribution is -2.40. The molecule has 2 rings (SSSR count). The summed E-state index contributed by atoms with van der Waals surface area (Å²) in [7, 11) is 0. The van der Waals surface area contributed by atoms with E-state index in [1.54, 1.807) is 6.92 Å². The van der Waals surface area contributed by atoms with Crippen LogP contribution in [0, 0.1) is 16.7 Å². The van der Waals surface area contributed by atoms with E-state index in [4.69, 9.17) is 4.74 Å². The van der Waals surface area contributed by atoms with E-state index in [-0.39, 0.29) is 17.5 Å². The molecule has 3 atom stereocenters. The smallest absolute Gasteiger partial charge is 0.333 e. The van der Waals surface area contributed by atoms with Gasteiger partial charge >= 0.3 is 5.97 Å². The molecule has 0 N–H and O–H groups in total. The van der Waals surface area contributed by atoms with Gasteiger partial charge in [0.1, 0.15) is 6.10 Å². The third kappa shape index (κ3) is 1.56. The molecule has 0 aromatic rings. The highest BCUT2D eigenvalue weighted by atomic mass is 16.5. The van der Waals surface area contributed by atoms with Gasteiger partial charge in [0.2, 0.25) is 0 Å². The van der Waals surface area contributed by atoms with Gasteiger partial charge in [-0.3, -0.25) is 0 Å². The van der Waals surface area contributed by atoms with Gasteiger partial charge in [-0.2, -0.15) is 0 Å². The summed E-state index contributed by atoms with van der Waals surface area (Å²) in [5.74, 6) is 0.497. The standard InChI is InChI=1S/C15H24O2/c1-6-15-8-7-11(14(15,4)5)9-12(15)17-13(16)10(2)3/h11-12H,2,6-9H2,1,3-5H3. The second-order valence-electron chi connectivity index (χ2n) is 6.38. The zero-order valence-corrected chi connectivity index (χ0v) is 11.5. The number of rotatable bonds is 3. The van der Waals surface area contributed by atoms with Gasteiger partial charge in [-0.15, -0.1) is 0 Å². The normalized spacial score (nSPS) is 38.1. The van der Waals surface area contributed by atoms with Crippen LogP contribution in [-0.4, -0.2) is 12.1 Å². The van der Waals surface area contributed by atoms with Crippen LogP contribution in [0.25, 0.3) is 0 Å². The molecule has 2 heteroatoms. The van der Waals surface area contributed by atoms with Crippen LogP contribution < -0.4 is 0 Å². The summed E-state index contributed by atoms with van der Waals surface area (Å²) >= 11 is 0. The maximum absolute atomic E-state index is 11.7. The highest BCUT2D eigenvalue weighted by molar-refractivity contribution is 5.87. The fourth-order valence-electron chi connectivity index (χ4n) is 4.24. The Bertz CT molecular complexity index is 356. The van der Waals surface area contributed by atoms with Crippen molar-refractivity contribution in [2.24, 2.45) is 16.7 Å². The van der Waals surface area contributed by atoms with Crippen molar-refractivity contribution in [3.63, 3.8) is 0 Å². The van der Waals surface area contributed by atoms with Gasteiger partial charge in [-0.25, -0.2) is 4.79 Å². The van der Waals surface area contributed by atoms with E-state index >= 15 is 0 Å². The lowest BCUT2D eigenvalue weighted by molar-refractivity contribution is -0.153. The van der Waals surface area contributed by atoms with Gasteiger partial charge < -0.3 is 4.74 Å². The molecule has 2 saturated carbocycles. The molecular formula is C15H24O2. The third-order valence-electron chi connectivity index (χ3n) is 5.59. The number of esters is 1. The Balaban J connectivity index is 2.22. The van der Waals surface area contributed by atoms with Crippen molar-refractivity contribution in [1.29, 1.82) is 0 Å². The predicted molar refractivity (Wildman–Crippen MR) is 68.5 cm³/mol. The monoisotopic (exact) mass is 236 g/mol. The molecule has 0 aromatic heterocycles. The lowest BCUT2D eigenvalue weighted by Gasteiger charge is -2.41. The fourth-order valence-corrected chi connectivity index (χ4v) is 4.24. The Hall–Kier alpha value is -0.790. The number of carbonyl (C=O) groups is 1. The number of fused-ring (bicyclic) bond motifs is 2. The number of carbonyl (C=O) groups excluding carboxylic acids is 1. The number of hydrogen-bond donors (Lipinski definition) is 0. The van der Waals surface area contributed by atoms with Crippen molar-refractivity contribution >= 4 is 5.97 Å². The molecule has 0 saturated heterocycles. The highest BCUT2D eigenvalue weighted by Gasteiger charge is 2.64. The average Bonchev–Trinajstić information content (AvgIpc) is 2.63. The molecule has 2 nitrogen and oxygen atoms in total. The minimum absolute atomic E-state index is 0.102. The van der Waals surface area contributed by atoms with Crippen LogP contribution in [0.3, 0.4) is 0 Å². The second-order valence-corrected chi connectivity index (χ2v) is 6.38. The Labute approximate surface area is 104 Å². The van der Waals surface area contributed by atoms with Gasteiger partial charge in [0.25, 0.3) is 0 Å². The van der Waals surface area contributed by atoms with E-state index in [0.29, 0.717) is 16.9 Å². The lowest BCUT2D eigenvalue weighted by atomic mass is 9.66. The van der Waals surface area contributed by atoms with Gasteiger partial charge in [0, 0.05) is 11.0 Å². The first-order chi connectivity index (χ1) is 7.85. The van der Waals surface area contributed by atoms with Crippen molar-refractivity contribution in [2.75, 3.05) is 0 Å². The van der Waals surface area contributed by atoms with Crippen LogP contribution in [0.5, 0.6) is 0 Å². The van der Waals surface area contributed by atoms with E-state index in [1.165, 1.54) is 12.8 Å². The van der Waals surface area contributed by atoms with Crippen LogP contribution in [0.1, 0.15) is 53.4 Å². The minimum Gasteiger partial charge on any atom is -0.458 e. The number of hydrogen-bond acceptors (Lipinski definition) is 2. The molecule has 0 aliphatic heterocycles. The van der Waals surface area contributed by atoms with E-state index in [0.717, 1.165) is 12.8 Å². The third-order valence-corrected chi connectivity index (χ3v) is 5.59. The summed E-state index contributed by atoms with van der Waals surface area (Å²) in [5, 5.41) is 0. The summed E-state index contributed by atoms with van der Waals surface area (Å²) in [5.41, 5.74) is 1.02. The summed E-state index contributed by atoms with van der Waals surface area (Å²) in [6, 6.07) is 0. The van der Waals surface area contributed by atoms with E-state index < -0.39 is 0 Å². The highest BCUT2D eigenvalue weighted by Crippen LogP contribution is 2.67. The van der Waals surface area contributed by atoms with Gasteiger partial charge in [-0.1, -0.05) is 27.4 Å². The van der Waals surface area contributed by atoms with Gasteiger partial charge in [0.15, 0.2) is 0 Å². The van der Waals surface area contributed by atoms with Crippen molar-refractivity contribution < 1.29 is 9.53 Å². The maximum Gasteiger partial charge on any atom is 0.333 e. The summed E-state index contributed by atoms with van der Waals surface area (Å²) in [6.07, 6.45) is 4.74. The average molecular weight is 236 g/mol. The van der Waals surface area contributed by atoms with Crippen molar-refractivity contribution in [2.45, 2.75) is 59.5 Å². The first kappa shape index (κ1) is 12.7. The molecule has 2 bridgehead atoms. The molecule has 0 amide bonds. The van der Waals surface area contributed by atoms with Crippen LogP contribution in [0.15, 0.2) is 12.2 Å². The first-order valence-electron chi connectivity index (χ1n) is 6.71. The summed E-state index contributed by atoms with van der Waals surface area (Å²) in [4.78, 5) is 11.7. The molecule has 0 heterocycles. The zero-order valence-electron chi connectivity index (χ0n) is 11.5. The molecule has 0 spiro atoms. The molecular weight excluding hydrogens is 212 g/mol. The largest absolute Gasteiger partial charge is 0.458 e. The molecule has 2 aliphatic carbocycles. The van der Waals surface area contributed by atoms with Gasteiger partial charge in [-0.05, 0) is 43.9 Å². The number of ether oxygens (including phenoxy) is 1. The fraction of sp³-hybridized carbons (Fsp3) is 0.800. The maximum atomic E-state index is 11.7. The van der Waals surface area contributed by atoms with E-state index in [9.17, 15) is 4.79 Å². The Kier molecular flexibility index (Phi) is 2.87. The van der Waals surface area contributed by atoms with E-state index in [1.807, 2.05) is 0 Å². The molecule has 96 valence electrons. The Morgan fingerprint density at radius 1 is 1.47 bits per heavy atom. The van der Waals surface area contributed by atoms with Crippen molar-refractivity contribution in [3.8, 4) is 0 Å². The Morgan fingerprint density at radius 3 is 2.59 bits per heavy atom. The van der Waals surface area contributed by atoms with Crippen molar-refractivity contribution in [1.82, 2.24) is 0 Å².